The monoisotopic (exact) mass is 183 g/mol. The van der Waals surface area contributed by atoms with Crippen molar-refractivity contribution in [2.24, 2.45) is 0 Å². The average Bonchev–Trinajstić information content (AvgIpc) is 2.20. The lowest BCUT2D eigenvalue weighted by atomic mass is 10.2. The van der Waals surface area contributed by atoms with Gasteiger partial charge in [0, 0.05) is 13.2 Å². The first-order chi connectivity index (χ1) is 6.72. The van der Waals surface area contributed by atoms with Gasteiger partial charge in [-0.15, -0.1) is 0 Å². The van der Waals surface area contributed by atoms with E-state index in [1.165, 1.54) is 14.2 Å². The highest BCUT2D eigenvalue weighted by Gasteiger charge is 2.00. The van der Waals surface area contributed by atoms with Crippen LogP contribution >= 0.6 is 0 Å². The molecule has 0 atom stereocenters. The number of benzene rings is 1. The molecule has 0 unspecified atom stereocenters. The molecular weight excluding hydrogens is 168 g/mol. The second-order valence-electron chi connectivity index (χ2n) is 2.56. The van der Waals surface area contributed by atoms with E-state index in [0.29, 0.717) is 18.1 Å². The number of methoxy groups -OCH3 is 3. The summed E-state index contributed by atoms with van der Waals surface area (Å²) in [6.45, 7) is 0.479. The summed E-state index contributed by atoms with van der Waals surface area (Å²) in [5.74, 6) is 0.993. The Balaban J connectivity index is 3.11. The van der Waals surface area contributed by atoms with E-state index < -0.39 is 0 Å². The topological polar surface area (TPSA) is 27.7 Å². The van der Waals surface area contributed by atoms with Crippen LogP contribution in [0.3, 0.4) is 0 Å². The van der Waals surface area contributed by atoms with E-state index in [9.17, 15) is 0 Å². The summed E-state index contributed by atoms with van der Waals surface area (Å²) in [5.41, 5.74) is 0.928. The molecule has 0 fully saturated rings. The predicted octanol–water partition coefficient (Wildman–Crippen LogP) is 1.85. The van der Waals surface area contributed by atoms with E-state index in [-0.39, 0.29) is 6.04 Å². The van der Waals surface area contributed by atoms with Crippen LogP contribution in [0.15, 0.2) is 18.2 Å². The third-order valence-corrected chi connectivity index (χ3v) is 1.63. The highest BCUT2D eigenvalue weighted by atomic mass is 16.5. The molecule has 72 valence electrons. The van der Waals surface area contributed by atoms with E-state index in [0.717, 1.165) is 5.56 Å². The summed E-state index contributed by atoms with van der Waals surface area (Å²) in [4.78, 5) is 0. The van der Waals surface area contributed by atoms with E-state index in [1.807, 2.05) is 0 Å². The van der Waals surface area contributed by atoms with Gasteiger partial charge < -0.3 is 14.2 Å². The molecule has 0 aliphatic carbocycles. The molecule has 0 heterocycles. The van der Waals surface area contributed by atoms with Crippen molar-refractivity contribution < 1.29 is 15.6 Å². The van der Waals surface area contributed by atoms with Gasteiger partial charge in [0.15, 0.2) is 0 Å². The average molecular weight is 183 g/mol. The second-order valence-corrected chi connectivity index (χ2v) is 2.56. The molecule has 0 amide bonds. The van der Waals surface area contributed by atoms with Gasteiger partial charge in [0.05, 0.1) is 22.2 Å². The van der Waals surface area contributed by atoms with Gasteiger partial charge in [0.1, 0.15) is 11.5 Å². The Hall–Kier alpha value is -1.22. The number of hydrogen-bond acceptors (Lipinski definition) is 3. The van der Waals surface area contributed by atoms with Crippen molar-refractivity contribution in [1.29, 1.82) is 0 Å². The van der Waals surface area contributed by atoms with Gasteiger partial charge in [0.25, 0.3) is 0 Å². The SMILES string of the molecule is [2H]c1c(OC)cc(COC)cc1OC. The van der Waals surface area contributed by atoms with Crippen LogP contribution in [0, 0.1) is 0 Å². The van der Waals surface area contributed by atoms with E-state index in [4.69, 9.17) is 15.6 Å². The molecule has 0 saturated carbocycles. The molecule has 0 spiro atoms. The van der Waals surface area contributed by atoms with Crippen molar-refractivity contribution in [2.45, 2.75) is 6.61 Å². The van der Waals surface area contributed by atoms with Crippen LogP contribution in [-0.2, 0) is 11.3 Å². The molecule has 0 bridgehead atoms. The van der Waals surface area contributed by atoms with Gasteiger partial charge in [-0.1, -0.05) is 0 Å². The molecule has 3 nitrogen and oxygen atoms in total. The zero-order valence-corrected chi connectivity index (χ0v) is 8.09. The molecule has 1 rings (SSSR count). The number of hydrogen-bond donors (Lipinski definition) is 0. The lowest BCUT2D eigenvalue weighted by molar-refractivity contribution is 0.184. The van der Waals surface area contributed by atoms with Crippen LogP contribution in [0.1, 0.15) is 6.93 Å². The first-order valence-corrected chi connectivity index (χ1v) is 3.93. The third kappa shape index (κ3) is 2.63. The van der Waals surface area contributed by atoms with Crippen molar-refractivity contribution in [1.82, 2.24) is 0 Å². The Labute approximate surface area is 79.6 Å². The summed E-state index contributed by atoms with van der Waals surface area (Å²) >= 11 is 0. The molecule has 0 aliphatic rings. The van der Waals surface area contributed by atoms with Crippen LogP contribution in [0.2, 0.25) is 0 Å². The Morgan fingerprint density at radius 3 is 2.08 bits per heavy atom. The van der Waals surface area contributed by atoms with Gasteiger partial charge in [0.2, 0.25) is 0 Å². The molecule has 0 aliphatic heterocycles. The van der Waals surface area contributed by atoms with E-state index in [2.05, 4.69) is 0 Å². The first kappa shape index (κ1) is 8.38. The number of rotatable bonds is 4. The van der Waals surface area contributed by atoms with Gasteiger partial charge >= 0.3 is 0 Å². The summed E-state index contributed by atoms with van der Waals surface area (Å²) in [7, 11) is 4.68. The largest absolute Gasteiger partial charge is 0.497 e. The Morgan fingerprint density at radius 2 is 1.69 bits per heavy atom. The zero-order chi connectivity index (χ0) is 10.6. The quantitative estimate of drug-likeness (QED) is 0.713. The van der Waals surface area contributed by atoms with Crippen LogP contribution < -0.4 is 9.47 Å². The van der Waals surface area contributed by atoms with Gasteiger partial charge in [-0.25, -0.2) is 0 Å². The minimum atomic E-state index is 0.259. The molecule has 1 aromatic rings. The fourth-order valence-corrected chi connectivity index (χ4v) is 1.04. The standard InChI is InChI=1S/C10H14O3/c1-11-7-8-4-9(12-2)6-10(5-8)13-3/h4-6H,7H2,1-3H3/i6D. The lowest BCUT2D eigenvalue weighted by Crippen LogP contribution is -1.92. The van der Waals surface area contributed by atoms with Crippen molar-refractivity contribution in [3.8, 4) is 11.5 Å². The van der Waals surface area contributed by atoms with Crippen molar-refractivity contribution >= 4 is 0 Å². The minimum Gasteiger partial charge on any atom is -0.497 e. The van der Waals surface area contributed by atoms with Crippen LogP contribution in [0.5, 0.6) is 11.5 Å². The second kappa shape index (κ2) is 4.72. The zero-order valence-electron chi connectivity index (χ0n) is 9.09. The maximum atomic E-state index is 7.68. The molecule has 3 heteroatoms. The summed E-state index contributed by atoms with van der Waals surface area (Å²) in [6, 6.07) is 3.80. The number of ether oxygens (including phenoxy) is 3. The molecule has 0 aromatic heterocycles. The minimum absolute atomic E-state index is 0.259. The highest BCUT2D eigenvalue weighted by Crippen LogP contribution is 2.22. The lowest BCUT2D eigenvalue weighted by Gasteiger charge is -2.07. The molecule has 0 N–H and O–H groups in total. The summed E-state index contributed by atoms with van der Waals surface area (Å²) < 4.78 is 22.8. The van der Waals surface area contributed by atoms with Crippen molar-refractivity contribution in [3.05, 3.63) is 23.7 Å². The summed E-state index contributed by atoms with van der Waals surface area (Å²) in [5, 5.41) is 0. The van der Waals surface area contributed by atoms with Crippen LogP contribution in [0.4, 0.5) is 0 Å². The molecule has 0 saturated heterocycles. The normalized spacial score (nSPS) is 10.8. The van der Waals surface area contributed by atoms with E-state index >= 15 is 0 Å². The Bertz CT molecular complexity index is 287. The molecule has 0 radical (unpaired) electrons. The predicted molar refractivity (Wildman–Crippen MR) is 50.3 cm³/mol. The maximum absolute atomic E-state index is 7.68. The third-order valence-electron chi connectivity index (χ3n) is 1.63. The van der Waals surface area contributed by atoms with Gasteiger partial charge in [-0.2, -0.15) is 0 Å². The molecule has 1 aromatic carbocycles. The van der Waals surface area contributed by atoms with Crippen LogP contribution in [0.25, 0.3) is 0 Å². The Morgan fingerprint density at radius 1 is 1.15 bits per heavy atom. The van der Waals surface area contributed by atoms with E-state index in [1.54, 1.807) is 19.2 Å². The highest BCUT2D eigenvalue weighted by molar-refractivity contribution is 5.38. The Kier molecular flexibility index (Phi) is 3.04. The van der Waals surface area contributed by atoms with Crippen molar-refractivity contribution in [3.63, 3.8) is 0 Å². The molecule has 13 heavy (non-hydrogen) atoms. The molecular formula is C10H14O3. The maximum Gasteiger partial charge on any atom is 0.122 e. The van der Waals surface area contributed by atoms with Crippen LogP contribution in [-0.4, -0.2) is 21.3 Å². The van der Waals surface area contributed by atoms with Gasteiger partial charge in [-0.05, 0) is 17.7 Å². The summed E-state index contributed by atoms with van der Waals surface area (Å²) in [6.07, 6.45) is 0. The van der Waals surface area contributed by atoms with Gasteiger partial charge in [-0.3, -0.25) is 0 Å². The fraction of sp³-hybridized carbons (Fsp3) is 0.400. The first-order valence-electron chi connectivity index (χ1n) is 4.43. The fourth-order valence-electron chi connectivity index (χ4n) is 1.04. The smallest absolute Gasteiger partial charge is 0.122 e. The van der Waals surface area contributed by atoms with Crippen molar-refractivity contribution in [2.75, 3.05) is 21.3 Å².